The van der Waals surface area contributed by atoms with E-state index in [2.05, 4.69) is 40.5 Å². The van der Waals surface area contributed by atoms with Gasteiger partial charge in [-0.25, -0.2) is 0 Å². The fourth-order valence-electron chi connectivity index (χ4n) is 1.50. The van der Waals surface area contributed by atoms with E-state index in [1.807, 2.05) is 6.92 Å². The number of rotatable bonds is 4. The molecule has 86 valence electrons. The smallest absolute Gasteiger partial charge is 0.240 e. The van der Waals surface area contributed by atoms with Gasteiger partial charge in [-0.15, -0.1) is 11.3 Å². The van der Waals surface area contributed by atoms with Gasteiger partial charge in [0.15, 0.2) is 5.82 Å². The van der Waals surface area contributed by atoms with Gasteiger partial charge in [0.1, 0.15) is 0 Å². The van der Waals surface area contributed by atoms with Crippen LogP contribution in [0.1, 0.15) is 22.2 Å². The molecule has 2 rings (SSSR count). The highest BCUT2D eigenvalue weighted by Gasteiger charge is 2.09. The van der Waals surface area contributed by atoms with Gasteiger partial charge >= 0.3 is 0 Å². The van der Waals surface area contributed by atoms with Crippen molar-refractivity contribution in [2.45, 2.75) is 26.9 Å². The fraction of sp³-hybridized carbons (Fsp3) is 0.455. The first-order valence-electron chi connectivity index (χ1n) is 5.16. The van der Waals surface area contributed by atoms with Gasteiger partial charge in [0.2, 0.25) is 5.89 Å². The van der Waals surface area contributed by atoms with Gasteiger partial charge in [0.05, 0.1) is 6.54 Å². The van der Waals surface area contributed by atoms with Crippen LogP contribution in [0.25, 0.3) is 0 Å². The molecule has 0 aliphatic heterocycles. The second-order valence-electron chi connectivity index (χ2n) is 3.93. The Bertz CT molecular complexity index is 463. The van der Waals surface area contributed by atoms with E-state index in [1.54, 1.807) is 11.3 Å². The topological polar surface area (TPSA) is 42.2 Å². The lowest BCUT2D eigenvalue weighted by Gasteiger charge is -2.13. The molecule has 0 saturated heterocycles. The van der Waals surface area contributed by atoms with Crippen molar-refractivity contribution in [2.24, 2.45) is 0 Å². The Hall–Kier alpha value is -1.20. The normalized spacial score (nSPS) is 11.2. The molecule has 0 radical (unpaired) electrons. The highest BCUT2D eigenvalue weighted by molar-refractivity contribution is 7.10. The molecule has 2 aromatic heterocycles. The van der Waals surface area contributed by atoms with Crippen LogP contribution in [0.3, 0.4) is 0 Å². The molecule has 0 aliphatic carbocycles. The van der Waals surface area contributed by atoms with Crippen LogP contribution in [0, 0.1) is 13.8 Å². The number of nitrogens with zero attached hydrogens (tertiary/aromatic N) is 3. The number of aryl methyl sites for hydroxylation is 2. The van der Waals surface area contributed by atoms with Crippen molar-refractivity contribution in [1.29, 1.82) is 0 Å². The number of thiophene rings is 1. The molecule has 0 bridgehead atoms. The molecule has 0 amide bonds. The van der Waals surface area contributed by atoms with Gasteiger partial charge in [0.25, 0.3) is 0 Å². The molecule has 0 aromatic carbocycles. The first-order chi connectivity index (χ1) is 7.65. The van der Waals surface area contributed by atoms with Crippen LogP contribution in [-0.4, -0.2) is 22.1 Å². The predicted molar refractivity (Wildman–Crippen MR) is 63.3 cm³/mol. The van der Waals surface area contributed by atoms with Crippen molar-refractivity contribution >= 4 is 11.3 Å². The quantitative estimate of drug-likeness (QED) is 0.818. The first kappa shape index (κ1) is 11.3. The summed E-state index contributed by atoms with van der Waals surface area (Å²) in [6.07, 6.45) is 0. The largest absolute Gasteiger partial charge is 0.338 e. The number of hydrogen-bond donors (Lipinski definition) is 0. The molecule has 0 atom stereocenters. The molecule has 16 heavy (non-hydrogen) atoms. The van der Waals surface area contributed by atoms with E-state index in [-0.39, 0.29) is 0 Å². The summed E-state index contributed by atoms with van der Waals surface area (Å²) in [6, 6.07) is 2.14. The summed E-state index contributed by atoms with van der Waals surface area (Å²) in [4.78, 5) is 7.75. The van der Waals surface area contributed by atoms with Crippen LogP contribution in [0.5, 0.6) is 0 Å². The van der Waals surface area contributed by atoms with Gasteiger partial charge in [0, 0.05) is 11.4 Å². The van der Waals surface area contributed by atoms with Crippen LogP contribution in [0.15, 0.2) is 16.0 Å². The maximum absolute atomic E-state index is 5.08. The number of hydrogen-bond acceptors (Lipinski definition) is 5. The Balaban J connectivity index is 1.94. The molecule has 4 nitrogen and oxygen atoms in total. The third kappa shape index (κ3) is 2.68. The van der Waals surface area contributed by atoms with Crippen LogP contribution >= 0.6 is 11.3 Å². The van der Waals surface area contributed by atoms with Gasteiger partial charge in [-0.2, -0.15) is 4.98 Å². The van der Waals surface area contributed by atoms with E-state index < -0.39 is 0 Å². The summed E-state index contributed by atoms with van der Waals surface area (Å²) in [5.41, 5.74) is 1.35. The van der Waals surface area contributed by atoms with Crippen LogP contribution in [0.4, 0.5) is 0 Å². The molecule has 0 aliphatic rings. The van der Waals surface area contributed by atoms with E-state index in [0.717, 1.165) is 6.54 Å². The minimum atomic E-state index is 0.675. The summed E-state index contributed by atoms with van der Waals surface area (Å²) >= 11 is 1.79. The van der Waals surface area contributed by atoms with Crippen molar-refractivity contribution in [3.05, 3.63) is 33.6 Å². The van der Waals surface area contributed by atoms with Crippen molar-refractivity contribution in [3.8, 4) is 0 Å². The maximum Gasteiger partial charge on any atom is 0.240 e. The first-order valence-corrected chi connectivity index (χ1v) is 6.04. The van der Waals surface area contributed by atoms with E-state index in [9.17, 15) is 0 Å². The predicted octanol–water partition coefficient (Wildman–Crippen LogP) is 2.38. The third-order valence-electron chi connectivity index (χ3n) is 2.36. The number of aromatic nitrogens is 2. The summed E-state index contributed by atoms with van der Waals surface area (Å²) in [5, 5.41) is 5.89. The molecule has 2 heterocycles. The average Bonchev–Trinajstić information content (AvgIpc) is 2.77. The molecular weight excluding hydrogens is 222 g/mol. The van der Waals surface area contributed by atoms with Gasteiger partial charge in [-0.1, -0.05) is 5.16 Å². The van der Waals surface area contributed by atoms with E-state index in [0.29, 0.717) is 18.3 Å². The molecule has 5 heteroatoms. The second kappa shape index (κ2) is 4.76. The molecule has 0 saturated carbocycles. The van der Waals surface area contributed by atoms with Crippen LogP contribution in [0.2, 0.25) is 0 Å². The summed E-state index contributed by atoms with van der Waals surface area (Å²) in [6.45, 7) is 5.58. The molecule has 2 aromatic rings. The molecule has 0 unspecified atom stereocenters. The van der Waals surface area contributed by atoms with Gasteiger partial charge < -0.3 is 4.52 Å². The van der Waals surface area contributed by atoms with Crippen LogP contribution < -0.4 is 0 Å². The highest BCUT2D eigenvalue weighted by atomic mass is 32.1. The SMILES string of the molecule is Cc1noc(CN(C)Cc2sccc2C)n1. The summed E-state index contributed by atoms with van der Waals surface area (Å²) in [5.74, 6) is 1.37. The van der Waals surface area contributed by atoms with Crippen molar-refractivity contribution in [2.75, 3.05) is 7.05 Å². The molecule has 0 spiro atoms. The van der Waals surface area contributed by atoms with Crippen LogP contribution in [-0.2, 0) is 13.1 Å². The zero-order chi connectivity index (χ0) is 11.5. The minimum Gasteiger partial charge on any atom is -0.338 e. The van der Waals surface area contributed by atoms with Gasteiger partial charge in [-0.05, 0) is 37.9 Å². The summed E-state index contributed by atoms with van der Waals surface area (Å²) < 4.78 is 5.08. The zero-order valence-electron chi connectivity index (χ0n) is 9.73. The van der Waals surface area contributed by atoms with Crippen molar-refractivity contribution in [3.63, 3.8) is 0 Å². The van der Waals surface area contributed by atoms with E-state index in [4.69, 9.17) is 4.52 Å². The average molecular weight is 237 g/mol. The van der Waals surface area contributed by atoms with E-state index >= 15 is 0 Å². The molecule has 0 N–H and O–H groups in total. The monoisotopic (exact) mass is 237 g/mol. The molecule has 0 fully saturated rings. The Morgan fingerprint density at radius 3 is 2.75 bits per heavy atom. The lowest BCUT2D eigenvalue weighted by molar-refractivity contribution is 0.261. The minimum absolute atomic E-state index is 0.675. The van der Waals surface area contributed by atoms with E-state index in [1.165, 1.54) is 10.4 Å². The van der Waals surface area contributed by atoms with Crippen molar-refractivity contribution in [1.82, 2.24) is 15.0 Å². The maximum atomic E-state index is 5.08. The Kier molecular flexibility index (Phi) is 3.36. The lowest BCUT2D eigenvalue weighted by Crippen LogP contribution is -2.17. The third-order valence-corrected chi connectivity index (χ3v) is 3.36. The standard InChI is InChI=1S/C11H15N3OS/c1-8-4-5-16-10(8)6-14(3)7-11-12-9(2)13-15-11/h4-5H,6-7H2,1-3H3. The lowest BCUT2D eigenvalue weighted by atomic mass is 10.3. The zero-order valence-corrected chi connectivity index (χ0v) is 10.5. The Morgan fingerprint density at radius 1 is 1.38 bits per heavy atom. The fourth-order valence-corrected chi connectivity index (χ4v) is 2.49. The summed E-state index contributed by atoms with van der Waals surface area (Å²) in [7, 11) is 2.05. The Labute approximate surface area is 98.9 Å². The van der Waals surface area contributed by atoms with Crippen molar-refractivity contribution < 1.29 is 4.52 Å². The second-order valence-corrected chi connectivity index (χ2v) is 4.94. The highest BCUT2D eigenvalue weighted by Crippen LogP contribution is 2.17. The van der Waals surface area contributed by atoms with Gasteiger partial charge in [-0.3, -0.25) is 4.90 Å². The molecular formula is C11H15N3OS. The Morgan fingerprint density at radius 2 is 2.19 bits per heavy atom.